The van der Waals surface area contributed by atoms with Crippen molar-refractivity contribution >= 4 is 28.8 Å². The normalized spacial score (nSPS) is 17.9. The summed E-state index contributed by atoms with van der Waals surface area (Å²) in [5, 5.41) is 2.90. The van der Waals surface area contributed by atoms with Crippen LogP contribution >= 0.6 is 12.2 Å². The highest BCUT2D eigenvalue weighted by Crippen LogP contribution is 2.28. The predicted octanol–water partition coefficient (Wildman–Crippen LogP) is 1.99. The smallest absolute Gasteiger partial charge is 0.238 e. The van der Waals surface area contributed by atoms with Crippen LogP contribution in [-0.4, -0.2) is 35.4 Å². The maximum Gasteiger partial charge on any atom is 0.238 e. The predicted molar refractivity (Wildman–Crippen MR) is 85.8 cm³/mol. The molecule has 1 aliphatic heterocycles. The molecule has 0 aromatic heterocycles. The lowest BCUT2D eigenvalue weighted by Crippen LogP contribution is -2.32. The molecular weight excluding hydrogens is 270 g/mol. The topological polar surface area (TPSA) is 58.4 Å². The number of hydrogen-bond donors (Lipinski definition) is 2. The van der Waals surface area contributed by atoms with Gasteiger partial charge < -0.3 is 11.1 Å². The molecule has 1 fully saturated rings. The van der Waals surface area contributed by atoms with Crippen LogP contribution in [0.4, 0.5) is 5.69 Å². The van der Waals surface area contributed by atoms with Gasteiger partial charge in [0.1, 0.15) is 4.99 Å². The summed E-state index contributed by atoms with van der Waals surface area (Å²) in [6.45, 7) is 6.88. The van der Waals surface area contributed by atoms with E-state index in [4.69, 9.17) is 18.0 Å². The first kappa shape index (κ1) is 14.9. The monoisotopic (exact) mass is 291 g/mol. The second-order valence-electron chi connectivity index (χ2n) is 6.11. The van der Waals surface area contributed by atoms with Crippen LogP contribution in [0.3, 0.4) is 0 Å². The van der Waals surface area contributed by atoms with Crippen molar-refractivity contribution in [2.75, 3.05) is 25.0 Å². The van der Waals surface area contributed by atoms with E-state index in [1.165, 1.54) is 0 Å². The van der Waals surface area contributed by atoms with E-state index < -0.39 is 0 Å². The third-order valence-electron chi connectivity index (χ3n) is 3.58. The molecule has 1 aromatic rings. The highest BCUT2D eigenvalue weighted by Gasteiger charge is 2.29. The van der Waals surface area contributed by atoms with Crippen LogP contribution in [0.15, 0.2) is 24.3 Å². The van der Waals surface area contributed by atoms with Gasteiger partial charge in [0.05, 0.1) is 6.54 Å². The van der Waals surface area contributed by atoms with E-state index in [0.717, 1.165) is 30.8 Å². The minimum absolute atomic E-state index is 0.0192. The van der Waals surface area contributed by atoms with Crippen LogP contribution in [0, 0.1) is 5.41 Å². The molecule has 1 aliphatic rings. The van der Waals surface area contributed by atoms with E-state index >= 15 is 0 Å². The Morgan fingerprint density at radius 1 is 1.40 bits per heavy atom. The summed E-state index contributed by atoms with van der Waals surface area (Å²) in [6, 6.07) is 7.27. The van der Waals surface area contributed by atoms with Gasteiger partial charge >= 0.3 is 0 Å². The summed E-state index contributed by atoms with van der Waals surface area (Å²) in [6.07, 6.45) is 1.14. The highest BCUT2D eigenvalue weighted by atomic mass is 32.1. The molecule has 0 aliphatic carbocycles. The molecule has 1 heterocycles. The lowest BCUT2D eigenvalue weighted by Gasteiger charge is -2.19. The maximum atomic E-state index is 12.0. The molecule has 0 bridgehead atoms. The SMILES string of the molecule is CC1(C)CCN(CC(=O)Nc2ccc(C(N)=S)cc2)C1. The van der Waals surface area contributed by atoms with Gasteiger partial charge in [0.25, 0.3) is 0 Å². The summed E-state index contributed by atoms with van der Waals surface area (Å²) in [5.74, 6) is 0.0192. The Morgan fingerprint density at radius 3 is 2.55 bits per heavy atom. The average Bonchev–Trinajstić information content (AvgIpc) is 2.69. The van der Waals surface area contributed by atoms with Crippen LogP contribution in [-0.2, 0) is 4.79 Å². The number of anilines is 1. The van der Waals surface area contributed by atoms with E-state index in [1.807, 2.05) is 24.3 Å². The van der Waals surface area contributed by atoms with Crippen molar-refractivity contribution in [1.82, 2.24) is 4.90 Å². The number of carbonyl (C=O) groups excluding carboxylic acids is 1. The van der Waals surface area contributed by atoms with Crippen LogP contribution in [0.25, 0.3) is 0 Å². The van der Waals surface area contributed by atoms with Gasteiger partial charge in [-0.1, -0.05) is 26.1 Å². The summed E-state index contributed by atoms with van der Waals surface area (Å²) in [4.78, 5) is 14.6. The minimum atomic E-state index is 0.0192. The van der Waals surface area contributed by atoms with Gasteiger partial charge in [-0.25, -0.2) is 0 Å². The summed E-state index contributed by atoms with van der Waals surface area (Å²) < 4.78 is 0. The molecule has 20 heavy (non-hydrogen) atoms. The summed E-state index contributed by atoms with van der Waals surface area (Å²) in [5.41, 5.74) is 7.43. The van der Waals surface area contributed by atoms with Crippen LogP contribution in [0.2, 0.25) is 0 Å². The van der Waals surface area contributed by atoms with E-state index in [-0.39, 0.29) is 5.91 Å². The zero-order chi connectivity index (χ0) is 14.8. The second-order valence-corrected chi connectivity index (χ2v) is 6.55. The Kier molecular flexibility index (Phi) is 4.40. The number of hydrogen-bond acceptors (Lipinski definition) is 3. The Hall–Kier alpha value is -1.46. The Bertz CT molecular complexity index is 510. The van der Waals surface area contributed by atoms with Crippen molar-refractivity contribution < 1.29 is 4.79 Å². The third kappa shape index (κ3) is 4.02. The van der Waals surface area contributed by atoms with Crippen LogP contribution in [0.1, 0.15) is 25.8 Å². The van der Waals surface area contributed by atoms with E-state index in [0.29, 0.717) is 16.9 Å². The number of amides is 1. The van der Waals surface area contributed by atoms with E-state index in [2.05, 4.69) is 24.1 Å². The van der Waals surface area contributed by atoms with Gasteiger partial charge in [-0.2, -0.15) is 0 Å². The van der Waals surface area contributed by atoms with Crippen molar-refractivity contribution in [3.63, 3.8) is 0 Å². The number of likely N-dealkylation sites (tertiary alicyclic amines) is 1. The van der Waals surface area contributed by atoms with E-state index in [1.54, 1.807) is 0 Å². The van der Waals surface area contributed by atoms with Crippen molar-refractivity contribution in [2.45, 2.75) is 20.3 Å². The van der Waals surface area contributed by atoms with Crippen LogP contribution < -0.4 is 11.1 Å². The van der Waals surface area contributed by atoms with Crippen LogP contribution in [0.5, 0.6) is 0 Å². The molecule has 3 N–H and O–H groups in total. The molecular formula is C15H21N3OS. The Morgan fingerprint density at radius 2 is 2.05 bits per heavy atom. The van der Waals surface area contributed by atoms with Gasteiger partial charge in [0, 0.05) is 17.8 Å². The molecule has 1 saturated heterocycles. The van der Waals surface area contributed by atoms with Crippen molar-refractivity contribution in [3.05, 3.63) is 29.8 Å². The van der Waals surface area contributed by atoms with E-state index in [9.17, 15) is 4.79 Å². The largest absolute Gasteiger partial charge is 0.389 e. The van der Waals surface area contributed by atoms with Crippen molar-refractivity contribution in [3.8, 4) is 0 Å². The fourth-order valence-electron chi connectivity index (χ4n) is 2.48. The first-order chi connectivity index (χ1) is 9.35. The fourth-order valence-corrected chi connectivity index (χ4v) is 2.62. The number of carbonyl (C=O) groups is 1. The van der Waals surface area contributed by atoms with Crippen molar-refractivity contribution in [2.24, 2.45) is 11.1 Å². The quantitative estimate of drug-likeness (QED) is 0.833. The van der Waals surface area contributed by atoms with Crippen molar-refractivity contribution in [1.29, 1.82) is 0 Å². The van der Waals surface area contributed by atoms with Gasteiger partial charge in [0.15, 0.2) is 0 Å². The number of rotatable bonds is 4. The number of nitrogens with one attached hydrogen (secondary N) is 1. The standard InChI is InChI=1S/C15H21N3OS/c1-15(2)7-8-18(10-15)9-13(19)17-12-5-3-11(4-6-12)14(16)20/h3-6H,7-10H2,1-2H3,(H2,16,20)(H,17,19). The zero-order valence-corrected chi connectivity index (χ0v) is 12.8. The van der Waals surface area contributed by atoms with Gasteiger partial charge in [-0.15, -0.1) is 0 Å². The molecule has 0 radical (unpaired) electrons. The average molecular weight is 291 g/mol. The van der Waals surface area contributed by atoms with Gasteiger partial charge in [-0.3, -0.25) is 9.69 Å². The highest BCUT2D eigenvalue weighted by molar-refractivity contribution is 7.80. The third-order valence-corrected chi connectivity index (χ3v) is 3.81. The number of nitrogens with two attached hydrogens (primary N) is 1. The molecule has 1 amide bonds. The molecule has 1 aromatic carbocycles. The molecule has 108 valence electrons. The molecule has 0 unspecified atom stereocenters. The lowest BCUT2D eigenvalue weighted by atomic mass is 9.93. The lowest BCUT2D eigenvalue weighted by molar-refractivity contribution is -0.117. The molecule has 4 nitrogen and oxygen atoms in total. The maximum absolute atomic E-state index is 12.0. The van der Waals surface area contributed by atoms with Gasteiger partial charge in [-0.05, 0) is 42.6 Å². The molecule has 0 spiro atoms. The fraction of sp³-hybridized carbons (Fsp3) is 0.467. The summed E-state index contributed by atoms with van der Waals surface area (Å²) >= 11 is 4.89. The Labute approximate surface area is 125 Å². The number of benzene rings is 1. The minimum Gasteiger partial charge on any atom is -0.389 e. The number of nitrogens with zero attached hydrogens (tertiary/aromatic N) is 1. The van der Waals surface area contributed by atoms with Gasteiger partial charge in [0.2, 0.25) is 5.91 Å². The summed E-state index contributed by atoms with van der Waals surface area (Å²) in [7, 11) is 0. The molecule has 5 heteroatoms. The first-order valence-electron chi connectivity index (χ1n) is 6.78. The molecule has 0 saturated carbocycles. The zero-order valence-electron chi connectivity index (χ0n) is 12.0. The number of thiocarbonyl (C=S) groups is 1. The Balaban J connectivity index is 1.87. The molecule has 0 atom stereocenters. The second kappa shape index (κ2) is 5.89. The first-order valence-corrected chi connectivity index (χ1v) is 7.19. The molecule has 2 rings (SSSR count).